The summed E-state index contributed by atoms with van der Waals surface area (Å²) in [4.78, 5) is 25.8. The molecule has 0 saturated heterocycles. The minimum Gasteiger partial charge on any atom is -0.466 e. The maximum Gasteiger partial charge on any atom is 0.309 e. The molecule has 0 aromatic carbocycles. The van der Waals surface area contributed by atoms with Crippen molar-refractivity contribution in [2.24, 2.45) is 5.92 Å². The van der Waals surface area contributed by atoms with Gasteiger partial charge in [0.05, 0.1) is 25.6 Å². The number of hydrogen-bond donors (Lipinski definition) is 0. The quantitative estimate of drug-likeness (QED) is 0.0354. The molecule has 0 aromatic rings. The van der Waals surface area contributed by atoms with Crippen LogP contribution in [0.5, 0.6) is 0 Å². The highest BCUT2D eigenvalue weighted by atomic mass is 16.5. The zero-order valence-electron chi connectivity index (χ0n) is 36.4. The third kappa shape index (κ3) is 41.7. The molecule has 0 fully saturated rings. The Kier molecular flexibility index (Phi) is 43.9. The molecule has 0 heterocycles. The van der Waals surface area contributed by atoms with Crippen LogP contribution >= 0.6 is 0 Å². The third-order valence-corrected chi connectivity index (χ3v) is 11.1. The highest BCUT2D eigenvalue weighted by Gasteiger charge is 2.24. The Morgan fingerprint density at radius 3 is 1.11 bits per heavy atom. The average molecular weight is 747 g/mol. The molecule has 0 aliphatic heterocycles. The number of unbranched alkanes of at least 4 members (excludes halogenated alkanes) is 33. The molecule has 314 valence electrons. The molecule has 0 amide bonds. The van der Waals surface area contributed by atoms with Crippen molar-refractivity contribution < 1.29 is 19.1 Å². The molecule has 0 radical (unpaired) electrons. The summed E-state index contributed by atoms with van der Waals surface area (Å²) in [6.45, 7) is 7.75. The lowest BCUT2D eigenvalue weighted by molar-refractivity contribution is -0.155. The summed E-state index contributed by atoms with van der Waals surface area (Å²) in [7, 11) is 0. The van der Waals surface area contributed by atoms with Gasteiger partial charge in [-0.05, 0) is 38.5 Å². The summed E-state index contributed by atoms with van der Waals surface area (Å²) in [6, 6.07) is 0. The molecule has 4 heteroatoms. The van der Waals surface area contributed by atoms with Crippen LogP contribution in [-0.4, -0.2) is 25.2 Å². The lowest BCUT2D eigenvalue weighted by atomic mass is 9.97. The van der Waals surface area contributed by atoms with E-state index in [1.807, 2.05) is 0 Å². The second-order valence-corrected chi connectivity index (χ2v) is 16.4. The van der Waals surface area contributed by atoms with Crippen LogP contribution < -0.4 is 0 Å². The van der Waals surface area contributed by atoms with E-state index in [-0.39, 0.29) is 24.3 Å². The lowest BCUT2D eigenvalue weighted by Crippen LogP contribution is -2.23. The Morgan fingerprint density at radius 1 is 0.377 bits per heavy atom. The van der Waals surface area contributed by atoms with Crippen molar-refractivity contribution in [3.8, 4) is 0 Å². The number of esters is 2. The number of hydrogen-bond acceptors (Lipinski definition) is 4. The van der Waals surface area contributed by atoms with Crippen LogP contribution in [0.2, 0.25) is 0 Å². The molecule has 0 saturated carbocycles. The molecule has 0 aliphatic carbocycles. The molecule has 0 bridgehead atoms. The predicted octanol–water partition coefficient (Wildman–Crippen LogP) is 16.5. The minimum atomic E-state index is -0.361. The van der Waals surface area contributed by atoms with Gasteiger partial charge in [-0.3, -0.25) is 9.59 Å². The van der Waals surface area contributed by atoms with Crippen LogP contribution in [0.25, 0.3) is 0 Å². The molecule has 1 atom stereocenters. The zero-order valence-corrected chi connectivity index (χ0v) is 36.4. The lowest BCUT2D eigenvalue weighted by Gasteiger charge is -2.16. The topological polar surface area (TPSA) is 52.6 Å². The Bertz CT molecular complexity index is 762. The fraction of sp³-hybridized carbons (Fsp3) is 0.918. The van der Waals surface area contributed by atoms with Gasteiger partial charge in [-0.1, -0.05) is 238 Å². The molecule has 0 aliphatic rings. The maximum absolute atomic E-state index is 13.1. The summed E-state index contributed by atoms with van der Waals surface area (Å²) in [5.74, 6) is -0.770. The number of ether oxygens (including phenoxy) is 2. The van der Waals surface area contributed by atoms with Crippen LogP contribution in [0.4, 0.5) is 0 Å². The summed E-state index contributed by atoms with van der Waals surface area (Å²) >= 11 is 0. The average Bonchev–Trinajstić information content (AvgIpc) is 3.16. The molecule has 0 aromatic heterocycles. The van der Waals surface area contributed by atoms with Crippen LogP contribution in [0, 0.1) is 5.92 Å². The molecular weight excluding hydrogens is 653 g/mol. The molecule has 0 spiro atoms. The first-order valence-electron chi connectivity index (χ1n) is 24.1. The molecular formula is C49H94O4. The van der Waals surface area contributed by atoms with Gasteiger partial charge in [0.1, 0.15) is 0 Å². The van der Waals surface area contributed by atoms with Crippen molar-refractivity contribution in [2.45, 2.75) is 271 Å². The van der Waals surface area contributed by atoms with Gasteiger partial charge in [0, 0.05) is 0 Å². The van der Waals surface area contributed by atoms with Crippen LogP contribution in [0.15, 0.2) is 12.2 Å². The van der Waals surface area contributed by atoms with Crippen molar-refractivity contribution in [1.82, 2.24) is 0 Å². The van der Waals surface area contributed by atoms with Gasteiger partial charge in [-0.25, -0.2) is 0 Å². The Hall–Kier alpha value is -1.32. The van der Waals surface area contributed by atoms with E-state index in [4.69, 9.17) is 9.47 Å². The maximum atomic E-state index is 13.1. The zero-order chi connectivity index (χ0) is 38.6. The van der Waals surface area contributed by atoms with Crippen LogP contribution in [-0.2, 0) is 19.1 Å². The standard InChI is InChI=1S/C49H94O4/c1-4-7-10-13-16-19-22-23-24-25-26-27-28-29-30-31-34-37-40-43-47(49(51)53-45-42-39-36-33-21-18-15-12-9-6-3)46-48(50)52-44-41-38-35-32-20-17-14-11-8-5-2/h13,16,47H,4-12,14-15,17-46H2,1-3H3/b16-13+. The van der Waals surface area contributed by atoms with Crippen molar-refractivity contribution in [2.75, 3.05) is 13.2 Å². The van der Waals surface area contributed by atoms with E-state index >= 15 is 0 Å². The van der Waals surface area contributed by atoms with Crippen LogP contribution in [0.3, 0.4) is 0 Å². The largest absolute Gasteiger partial charge is 0.466 e. The Balaban J connectivity index is 4.16. The second-order valence-electron chi connectivity index (χ2n) is 16.4. The van der Waals surface area contributed by atoms with Crippen molar-refractivity contribution in [3.05, 3.63) is 12.2 Å². The van der Waals surface area contributed by atoms with Gasteiger partial charge < -0.3 is 9.47 Å². The highest BCUT2D eigenvalue weighted by Crippen LogP contribution is 2.20. The van der Waals surface area contributed by atoms with E-state index < -0.39 is 0 Å². The van der Waals surface area contributed by atoms with E-state index in [2.05, 4.69) is 32.9 Å². The van der Waals surface area contributed by atoms with E-state index in [1.165, 1.54) is 199 Å². The monoisotopic (exact) mass is 747 g/mol. The van der Waals surface area contributed by atoms with Crippen molar-refractivity contribution >= 4 is 11.9 Å². The molecule has 53 heavy (non-hydrogen) atoms. The summed E-state index contributed by atoms with van der Waals surface area (Å²) in [5.41, 5.74) is 0. The summed E-state index contributed by atoms with van der Waals surface area (Å²) in [5, 5.41) is 0. The molecule has 4 nitrogen and oxygen atoms in total. The van der Waals surface area contributed by atoms with Crippen molar-refractivity contribution in [1.29, 1.82) is 0 Å². The number of carbonyl (C=O) groups excluding carboxylic acids is 2. The van der Waals surface area contributed by atoms with Gasteiger partial charge in [-0.15, -0.1) is 0 Å². The van der Waals surface area contributed by atoms with Gasteiger partial charge in [0.15, 0.2) is 0 Å². The SMILES string of the molecule is CCCC/C=C/CCCCCCCCCCCCCCCC(CC(=O)OCCCCCCCCCCCC)C(=O)OCCCCCCCCCCCC. The Labute approximate surface area is 332 Å². The normalized spacial score (nSPS) is 12.1. The fourth-order valence-corrected chi connectivity index (χ4v) is 7.37. The first-order valence-corrected chi connectivity index (χ1v) is 24.1. The predicted molar refractivity (Wildman–Crippen MR) is 232 cm³/mol. The smallest absolute Gasteiger partial charge is 0.309 e. The van der Waals surface area contributed by atoms with Gasteiger partial charge in [0.2, 0.25) is 0 Å². The summed E-state index contributed by atoms with van der Waals surface area (Å²) < 4.78 is 11.3. The van der Waals surface area contributed by atoms with E-state index in [1.54, 1.807) is 0 Å². The molecule has 0 N–H and O–H groups in total. The van der Waals surface area contributed by atoms with Crippen molar-refractivity contribution in [3.63, 3.8) is 0 Å². The van der Waals surface area contributed by atoms with Crippen LogP contribution in [0.1, 0.15) is 271 Å². The Morgan fingerprint density at radius 2 is 0.698 bits per heavy atom. The second kappa shape index (κ2) is 45.1. The number of carbonyl (C=O) groups is 2. The van der Waals surface area contributed by atoms with E-state index in [0.717, 1.165) is 44.9 Å². The van der Waals surface area contributed by atoms with E-state index in [9.17, 15) is 9.59 Å². The fourth-order valence-electron chi connectivity index (χ4n) is 7.37. The molecule has 0 rings (SSSR count). The highest BCUT2D eigenvalue weighted by molar-refractivity contribution is 5.79. The van der Waals surface area contributed by atoms with Gasteiger partial charge in [-0.2, -0.15) is 0 Å². The molecule has 1 unspecified atom stereocenters. The minimum absolute atomic E-state index is 0.171. The van der Waals surface area contributed by atoms with E-state index in [0.29, 0.717) is 13.2 Å². The summed E-state index contributed by atoms with van der Waals surface area (Å²) in [6.07, 6.45) is 53.0. The van der Waals surface area contributed by atoms with Gasteiger partial charge >= 0.3 is 11.9 Å². The first-order chi connectivity index (χ1) is 26.2. The number of allylic oxidation sites excluding steroid dienone is 2. The first kappa shape index (κ1) is 51.7. The third-order valence-electron chi connectivity index (χ3n) is 11.1. The number of rotatable bonds is 44. The van der Waals surface area contributed by atoms with Gasteiger partial charge in [0.25, 0.3) is 0 Å².